The molecule has 0 saturated heterocycles. The molecule has 0 aliphatic heterocycles. The van der Waals surface area contributed by atoms with Gasteiger partial charge in [0.2, 0.25) is 0 Å². The fourth-order valence-corrected chi connectivity index (χ4v) is 1.53. The molecule has 0 amide bonds. The molecule has 0 heterocycles. The number of rotatable bonds is 2. The minimum atomic E-state index is -5.20. The van der Waals surface area contributed by atoms with Crippen LogP contribution in [0.4, 0.5) is 0 Å². The molecule has 74 valence electrons. The summed E-state index contributed by atoms with van der Waals surface area (Å²) in [5, 5.41) is 5.37. The second kappa shape index (κ2) is 8.38. The van der Waals surface area contributed by atoms with Gasteiger partial charge in [0.15, 0.2) is 0 Å². The summed E-state index contributed by atoms with van der Waals surface area (Å²) in [6.07, 6.45) is 0. The molecule has 14 heavy (non-hydrogen) atoms. The van der Waals surface area contributed by atoms with E-state index >= 15 is 0 Å². The van der Waals surface area contributed by atoms with Gasteiger partial charge in [0.05, 0.1) is 0 Å². The average molecular weight is 278 g/mol. The Labute approximate surface area is 147 Å². The van der Waals surface area contributed by atoms with Crippen molar-refractivity contribution in [1.29, 1.82) is 0 Å². The van der Waals surface area contributed by atoms with Crippen LogP contribution in [0.2, 0.25) is 0 Å². The van der Waals surface area contributed by atoms with Crippen molar-refractivity contribution >= 4 is 104 Å². The molecule has 0 aromatic carbocycles. The zero-order chi connectivity index (χ0) is 9.50. The molecule has 0 saturated carbocycles. The quantitative estimate of drug-likeness (QED) is 0.269. The van der Waals surface area contributed by atoms with Crippen LogP contribution in [0.1, 0.15) is 6.92 Å². The summed E-state index contributed by atoms with van der Waals surface area (Å²) in [7, 11) is -10.4. The first-order chi connectivity index (χ1) is 4.50. The van der Waals surface area contributed by atoms with Crippen LogP contribution >= 0.6 is 15.2 Å². The van der Waals surface area contributed by atoms with Crippen LogP contribution in [0.15, 0.2) is 0 Å². The topological polar surface area (TPSA) is 135 Å². The van der Waals surface area contributed by atoms with Crippen LogP contribution in [0.5, 0.6) is 0 Å². The number of aliphatic hydroxyl groups is 1. The minimum absolute atomic E-state index is 0. The molecule has 0 spiro atoms. The summed E-state index contributed by atoms with van der Waals surface area (Å²) in [6, 6.07) is 0. The van der Waals surface area contributed by atoms with Crippen LogP contribution in [0.3, 0.4) is 0 Å². The van der Waals surface area contributed by atoms with E-state index in [0.717, 1.165) is 0 Å². The predicted molar refractivity (Wildman–Crippen MR) is 56.2 cm³/mol. The van der Waals surface area contributed by atoms with E-state index in [1.807, 2.05) is 0 Å². The van der Waals surface area contributed by atoms with Crippen LogP contribution in [-0.4, -0.2) is 118 Å². The first-order valence-corrected chi connectivity index (χ1v) is 5.56. The first kappa shape index (κ1) is 26.0. The van der Waals surface area contributed by atoms with E-state index in [9.17, 15) is 9.13 Å². The van der Waals surface area contributed by atoms with Crippen LogP contribution in [0.25, 0.3) is 0 Å². The zero-order valence-electron chi connectivity index (χ0n) is 5.45. The van der Waals surface area contributed by atoms with Gasteiger partial charge in [0.1, 0.15) is 0 Å². The van der Waals surface area contributed by atoms with Crippen molar-refractivity contribution in [3.05, 3.63) is 0 Å². The summed E-state index contributed by atoms with van der Waals surface area (Å²) in [6.45, 7) is 0.383. The van der Waals surface area contributed by atoms with E-state index in [4.69, 9.17) is 24.7 Å². The molecule has 0 aliphatic carbocycles. The van der Waals surface area contributed by atoms with Gasteiger partial charge in [-0.05, 0) is 6.92 Å². The first-order valence-electron chi connectivity index (χ1n) is 2.34. The van der Waals surface area contributed by atoms with Crippen molar-refractivity contribution in [2.75, 3.05) is 0 Å². The van der Waals surface area contributed by atoms with E-state index in [-0.39, 0.29) is 88.7 Å². The molecule has 0 radical (unpaired) electrons. The number of hydrogen-bond acceptors (Lipinski definition) is 3. The molecule has 7 nitrogen and oxygen atoms in total. The van der Waals surface area contributed by atoms with E-state index in [1.165, 1.54) is 0 Å². The maximum absolute atomic E-state index is 10.3. The molecule has 0 aliphatic rings. The monoisotopic (exact) mass is 278 g/mol. The Kier molecular flexibility index (Phi) is 15.5. The third-order valence-corrected chi connectivity index (χ3v) is 4.87. The second-order valence-corrected chi connectivity index (χ2v) is 6.33. The van der Waals surface area contributed by atoms with Gasteiger partial charge in [-0.1, -0.05) is 0 Å². The van der Waals surface area contributed by atoms with Crippen LogP contribution < -0.4 is 0 Å². The Bertz CT molecular complexity index is 217. The normalized spacial score (nSPS) is 11.9. The van der Waals surface area contributed by atoms with Crippen molar-refractivity contribution in [3.63, 3.8) is 0 Å². The summed E-state index contributed by atoms with van der Waals surface area (Å²) >= 11 is 0. The van der Waals surface area contributed by atoms with Gasteiger partial charge in [-0.15, -0.1) is 0 Å². The van der Waals surface area contributed by atoms with Gasteiger partial charge in [0.25, 0.3) is 5.08 Å². The summed E-state index contributed by atoms with van der Waals surface area (Å²) in [4.78, 5) is 33.0. The Balaban J connectivity index is -0.000000167. The van der Waals surface area contributed by atoms with Crippen LogP contribution in [-0.2, 0) is 9.13 Å². The molecule has 0 atom stereocenters. The van der Waals surface area contributed by atoms with Gasteiger partial charge < -0.3 is 24.7 Å². The Morgan fingerprint density at radius 2 is 1.00 bits per heavy atom. The van der Waals surface area contributed by atoms with Crippen molar-refractivity contribution in [2.45, 2.75) is 12.0 Å². The summed E-state index contributed by atoms with van der Waals surface area (Å²) < 4.78 is 20.5. The van der Waals surface area contributed by atoms with Gasteiger partial charge in [-0.25, -0.2) is 0 Å². The van der Waals surface area contributed by atoms with Gasteiger partial charge >= 0.3 is 104 Å². The van der Waals surface area contributed by atoms with Gasteiger partial charge in [-0.2, -0.15) is 0 Å². The third kappa shape index (κ3) is 6.87. The average Bonchev–Trinajstić information content (AvgIpc) is 1.58. The predicted octanol–water partition coefficient (Wildman–Crippen LogP) is -2.94. The van der Waals surface area contributed by atoms with Crippen LogP contribution in [0, 0.1) is 0 Å². The standard InChI is InChI=1S/C2H8O7P2.3Na.3H/c1-2(3,10(4,5)6)11(7,8)9;;;;;;/h3H,1H3,(H2,4,5,6)(H2,7,8,9);;;;;;. The molecule has 0 aromatic heterocycles. The molecule has 0 unspecified atom stereocenters. The molecule has 0 bridgehead atoms. The Hall–Kier alpha value is 3.26. The summed E-state index contributed by atoms with van der Waals surface area (Å²) in [5.41, 5.74) is 0. The zero-order valence-corrected chi connectivity index (χ0v) is 7.24. The van der Waals surface area contributed by atoms with E-state index in [1.54, 1.807) is 0 Å². The van der Waals surface area contributed by atoms with Gasteiger partial charge in [0, 0.05) is 0 Å². The fraction of sp³-hybridized carbons (Fsp3) is 1.00. The maximum atomic E-state index is 10.3. The van der Waals surface area contributed by atoms with Crippen molar-refractivity contribution < 1.29 is 33.8 Å². The van der Waals surface area contributed by atoms with E-state index in [0.29, 0.717) is 6.92 Å². The molecule has 12 heteroatoms. The third-order valence-electron chi connectivity index (χ3n) is 1.10. The summed E-state index contributed by atoms with van der Waals surface area (Å²) in [5.74, 6) is 0. The van der Waals surface area contributed by atoms with Gasteiger partial charge in [-0.3, -0.25) is 9.13 Å². The van der Waals surface area contributed by atoms with Crippen molar-refractivity contribution in [1.82, 2.24) is 0 Å². The SMILES string of the molecule is CC(O)(P(=O)(O)O)P(=O)(O)O.[NaH].[NaH].[NaH]. The molecular formula is C2H11Na3O7P2. The van der Waals surface area contributed by atoms with Crippen molar-refractivity contribution in [3.8, 4) is 0 Å². The molecule has 0 aromatic rings. The second-order valence-electron chi connectivity index (χ2n) is 2.06. The van der Waals surface area contributed by atoms with E-state index < -0.39 is 20.3 Å². The molecule has 0 rings (SSSR count). The molecule has 5 N–H and O–H groups in total. The Morgan fingerprint density at radius 3 is 1.00 bits per heavy atom. The fourth-order valence-electron chi connectivity index (χ4n) is 0.170. The van der Waals surface area contributed by atoms with Crippen molar-refractivity contribution in [2.24, 2.45) is 0 Å². The Morgan fingerprint density at radius 1 is 0.857 bits per heavy atom. The van der Waals surface area contributed by atoms with E-state index in [2.05, 4.69) is 0 Å². The molecule has 0 fully saturated rings. The number of hydrogen-bond donors (Lipinski definition) is 5. The molecular weight excluding hydrogens is 267 g/mol.